The Kier molecular flexibility index (Phi) is 4.29. The van der Waals surface area contributed by atoms with Crippen LogP contribution in [0.15, 0.2) is 18.2 Å². The molecule has 3 N–H and O–H groups in total. The van der Waals surface area contributed by atoms with Crippen molar-refractivity contribution >= 4 is 35.0 Å². The van der Waals surface area contributed by atoms with E-state index in [2.05, 4.69) is 10.6 Å². The highest BCUT2D eigenvalue weighted by molar-refractivity contribution is 6.35. The topological polar surface area (TPSA) is 98.7 Å². The highest BCUT2D eigenvalue weighted by Gasteiger charge is 2.71. The van der Waals surface area contributed by atoms with Gasteiger partial charge in [0.2, 0.25) is 17.7 Å². The molecule has 0 unspecified atom stereocenters. The molecule has 2 fully saturated rings. The molecule has 3 aliphatic heterocycles. The molecule has 4 rings (SSSR count). The number of nitrogens with one attached hydrogen (secondary N) is 2. The Morgan fingerprint density at radius 2 is 2.04 bits per heavy atom. The number of imide groups is 1. The van der Waals surface area contributed by atoms with Gasteiger partial charge in [0.25, 0.3) is 0 Å². The first-order chi connectivity index (χ1) is 12.8. The lowest BCUT2D eigenvalue weighted by atomic mass is 9.76. The van der Waals surface area contributed by atoms with Crippen molar-refractivity contribution in [1.82, 2.24) is 10.2 Å². The molecule has 8 heteroatoms. The molecular formula is C19H22ClN3O4. The van der Waals surface area contributed by atoms with Crippen LogP contribution in [-0.2, 0) is 19.9 Å². The third-order valence-corrected chi connectivity index (χ3v) is 6.30. The molecular weight excluding hydrogens is 370 g/mol. The molecule has 5 atom stereocenters. The number of hydrogen-bond donors (Lipinski definition) is 3. The monoisotopic (exact) mass is 391 g/mol. The number of hydrogen-bond acceptors (Lipinski definition) is 5. The van der Waals surface area contributed by atoms with Crippen molar-refractivity contribution in [2.75, 3.05) is 11.9 Å². The summed E-state index contributed by atoms with van der Waals surface area (Å²) in [5.41, 5.74) is -0.397. The third-order valence-electron chi connectivity index (χ3n) is 5.98. The van der Waals surface area contributed by atoms with Crippen LogP contribution in [0.3, 0.4) is 0 Å². The molecule has 1 aromatic rings. The second-order valence-corrected chi connectivity index (χ2v) is 7.93. The van der Waals surface area contributed by atoms with E-state index in [1.807, 2.05) is 6.92 Å². The normalized spacial score (nSPS) is 32.8. The third kappa shape index (κ3) is 2.31. The van der Waals surface area contributed by atoms with Gasteiger partial charge in [-0.25, -0.2) is 0 Å². The van der Waals surface area contributed by atoms with E-state index in [9.17, 15) is 19.5 Å². The molecule has 3 aliphatic rings. The summed E-state index contributed by atoms with van der Waals surface area (Å²) in [7, 11) is 0. The Balaban J connectivity index is 1.87. The van der Waals surface area contributed by atoms with Gasteiger partial charge in [-0.1, -0.05) is 37.1 Å². The van der Waals surface area contributed by atoms with Crippen molar-refractivity contribution in [2.45, 2.75) is 44.4 Å². The average Bonchev–Trinajstić information content (AvgIpc) is 3.21. The summed E-state index contributed by atoms with van der Waals surface area (Å²) >= 11 is 6.25. The number of rotatable bonds is 4. The molecule has 0 bridgehead atoms. The standard InChI is InChI=1S/C19H22ClN3O4/c1-3-4-8-23-16(25)12-13(17(23)26)19(22-14(12)9(2)24)10-6-5-7-11(20)15(10)21-18(19)27/h5-7,9,12-14,22,24H,3-4,8H2,1-2H3,(H,21,27)/t9-,12+,13+,14+,19+/m1/s1. The van der Waals surface area contributed by atoms with E-state index in [1.165, 1.54) is 4.90 Å². The molecule has 0 aromatic heterocycles. The molecule has 1 aromatic carbocycles. The summed E-state index contributed by atoms with van der Waals surface area (Å²) in [4.78, 5) is 40.6. The number of amides is 3. The quantitative estimate of drug-likeness (QED) is 0.671. The molecule has 144 valence electrons. The summed E-state index contributed by atoms with van der Waals surface area (Å²) in [6, 6.07) is 4.41. The SMILES string of the molecule is CCCCN1C(=O)[C@@H]2[C@H]([C@@H](C)O)N[C@]3(C(=O)Nc4c(Cl)cccc43)[C@@H]2C1=O. The largest absolute Gasteiger partial charge is 0.392 e. The molecule has 0 aliphatic carbocycles. The van der Waals surface area contributed by atoms with Crippen molar-refractivity contribution in [3.8, 4) is 0 Å². The predicted molar refractivity (Wildman–Crippen MR) is 99.0 cm³/mol. The van der Waals surface area contributed by atoms with Crippen molar-refractivity contribution < 1.29 is 19.5 Å². The van der Waals surface area contributed by atoms with Crippen molar-refractivity contribution in [1.29, 1.82) is 0 Å². The number of carbonyl (C=O) groups is 3. The van der Waals surface area contributed by atoms with Crippen LogP contribution in [0, 0.1) is 11.8 Å². The number of aliphatic hydroxyl groups excluding tert-OH is 1. The van der Waals surface area contributed by atoms with Gasteiger partial charge < -0.3 is 10.4 Å². The minimum Gasteiger partial charge on any atom is -0.392 e. The van der Waals surface area contributed by atoms with E-state index in [1.54, 1.807) is 25.1 Å². The number of para-hydroxylation sites is 1. The van der Waals surface area contributed by atoms with Crippen molar-refractivity contribution in [3.63, 3.8) is 0 Å². The first kappa shape index (κ1) is 18.4. The fourth-order valence-electron chi connectivity index (χ4n) is 4.73. The van der Waals surface area contributed by atoms with E-state index >= 15 is 0 Å². The summed E-state index contributed by atoms with van der Waals surface area (Å²) in [6.07, 6.45) is 0.635. The number of carbonyl (C=O) groups excluding carboxylic acids is 3. The maximum atomic E-state index is 13.2. The van der Waals surface area contributed by atoms with Crippen LogP contribution in [0.2, 0.25) is 5.02 Å². The van der Waals surface area contributed by atoms with Gasteiger partial charge in [-0.3, -0.25) is 24.6 Å². The number of halogens is 1. The summed E-state index contributed by atoms with van der Waals surface area (Å²) in [6.45, 7) is 3.87. The number of benzene rings is 1. The van der Waals surface area contributed by atoms with Gasteiger partial charge in [-0.05, 0) is 19.4 Å². The number of likely N-dealkylation sites (tertiary alicyclic amines) is 1. The van der Waals surface area contributed by atoms with E-state index in [4.69, 9.17) is 11.6 Å². The van der Waals surface area contributed by atoms with E-state index in [0.717, 1.165) is 6.42 Å². The Bertz CT molecular complexity index is 842. The van der Waals surface area contributed by atoms with Gasteiger partial charge in [0, 0.05) is 18.2 Å². The number of fused-ring (bicyclic) bond motifs is 4. The molecule has 0 saturated carbocycles. The minimum atomic E-state index is -1.40. The number of unbranched alkanes of at least 4 members (excludes halogenated alkanes) is 1. The predicted octanol–water partition coefficient (Wildman–Crippen LogP) is 1.24. The number of aliphatic hydroxyl groups is 1. The fraction of sp³-hybridized carbons (Fsp3) is 0.526. The van der Waals surface area contributed by atoms with Crippen LogP contribution in [0.25, 0.3) is 0 Å². The van der Waals surface area contributed by atoms with Crippen LogP contribution >= 0.6 is 11.6 Å². The molecule has 0 radical (unpaired) electrons. The van der Waals surface area contributed by atoms with Crippen molar-refractivity contribution in [3.05, 3.63) is 28.8 Å². The maximum Gasteiger partial charge on any atom is 0.250 e. The minimum absolute atomic E-state index is 0.322. The first-order valence-corrected chi connectivity index (χ1v) is 9.63. The molecule has 2 saturated heterocycles. The van der Waals surface area contributed by atoms with Gasteiger partial charge >= 0.3 is 0 Å². The molecule has 7 nitrogen and oxygen atoms in total. The van der Waals surface area contributed by atoms with Crippen LogP contribution in [0.1, 0.15) is 32.3 Å². The van der Waals surface area contributed by atoms with Crippen LogP contribution in [0.4, 0.5) is 5.69 Å². The van der Waals surface area contributed by atoms with E-state index < -0.39 is 35.4 Å². The summed E-state index contributed by atoms with van der Waals surface area (Å²) in [5.74, 6) is -2.79. The first-order valence-electron chi connectivity index (χ1n) is 9.26. The Hall–Kier alpha value is -1.96. The van der Waals surface area contributed by atoms with Gasteiger partial charge in [-0.15, -0.1) is 0 Å². The van der Waals surface area contributed by atoms with E-state index in [-0.39, 0.29) is 11.8 Å². The summed E-state index contributed by atoms with van der Waals surface area (Å²) in [5, 5.41) is 16.6. The number of anilines is 1. The Morgan fingerprint density at radius 1 is 1.30 bits per heavy atom. The lowest BCUT2D eigenvalue weighted by Gasteiger charge is -2.30. The Morgan fingerprint density at radius 3 is 2.70 bits per heavy atom. The molecule has 3 amide bonds. The maximum absolute atomic E-state index is 13.2. The van der Waals surface area contributed by atoms with Gasteiger partial charge in [0.1, 0.15) is 5.54 Å². The van der Waals surface area contributed by atoms with E-state index in [0.29, 0.717) is 29.2 Å². The zero-order valence-corrected chi connectivity index (χ0v) is 15.9. The lowest BCUT2D eigenvalue weighted by Crippen LogP contribution is -2.54. The Labute approximate surface area is 162 Å². The van der Waals surface area contributed by atoms with Crippen LogP contribution in [0.5, 0.6) is 0 Å². The second-order valence-electron chi connectivity index (χ2n) is 7.52. The molecule has 1 spiro atoms. The lowest BCUT2D eigenvalue weighted by molar-refractivity contribution is -0.143. The average molecular weight is 392 g/mol. The summed E-state index contributed by atoms with van der Waals surface area (Å²) < 4.78 is 0. The zero-order valence-electron chi connectivity index (χ0n) is 15.2. The highest BCUT2D eigenvalue weighted by atomic mass is 35.5. The van der Waals surface area contributed by atoms with Crippen LogP contribution < -0.4 is 10.6 Å². The molecule has 3 heterocycles. The van der Waals surface area contributed by atoms with Gasteiger partial charge in [0.15, 0.2) is 0 Å². The van der Waals surface area contributed by atoms with Crippen molar-refractivity contribution in [2.24, 2.45) is 11.8 Å². The number of nitrogens with zero attached hydrogens (tertiary/aromatic N) is 1. The smallest absolute Gasteiger partial charge is 0.250 e. The zero-order chi connectivity index (χ0) is 19.5. The van der Waals surface area contributed by atoms with Crippen LogP contribution in [-0.4, -0.2) is 46.4 Å². The highest BCUT2D eigenvalue weighted by Crippen LogP contribution is 2.54. The second kappa shape index (κ2) is 6.29. The van der Waals surface area contributed by atoms with Gasteiger partial charge in [-0.2, -0.15) is 0 Å². The fourth-order valence-corrected chi connectivity index (χ4v) is 4.96. The van der Waals surface area contributed by atoms with Gasteiger partial charge in [0.05, 0.1) is 28.6 Å². The molecule has 27 heavy (non-hydrogen) atoms.